The zero-order chi connectivity index (χ0) is 37.5. The van der Waals surface area contributed by atoms with Crippen LogP contribution in [0, 0.1) is 5.41 Å². The Morgan fingerprint density at radius 3 is 2.12 bits per heavy atom. The summed E-state index contributed by atoms with van der Waals surface area (Å²) >= 11 is 0. The number of H-pyrrole nitrogens is 1. The number of imidazole rings is 1. The number of carbonyl (C=O) groups excluding carboxylic acids is 3. The molecule has 3 aromatic carbocycles. The largest absolute Gasteiger partial charge is 0.482 e. The highest BCUT2D eigenvalue weighted by Crippen LogP contribution is 2.34. The van der Waals surface area contributed by atoms with Crippen LogP contribution in [0.2, 0.25) is 0 Å². The fraction of sp³-hybridized carbons (Fsp3) is 0.341. The van der Waals surface area contributed by atoms with E-state index in [9.17, 15) is 19.5 Å². The molecule has 0 spiro atoms. The van der Waals surface area contributed by atoms with Crippen LogP contribution < -0.4 is 10.1 Å². The van der Waals surface area contributed by atoms with Crippen molar-refractivity contribution >= 4 is 29.6 Å². The number of aliphatic hydroxyl groups excluding tert-OH is 1. The van der Waals surface area contributed by atoms with E-state index in [1.54, 1.807) is 30.3 Å². The monoisotopic (exact) mass is 708 g/mol. The number of amides is 1. The van der Waals surface area contributed by atoms with E-state index in [4.69, 9.17) is 24.6 Å². The van der Waals surface area contributed by atoms with Crippen molar-refractivity contribution in [3.63, 3.8) is 0 Å². The van der Waals surface area contributed by atoms with E-state index >= 15 is 0 Å². The minimum atomic E-state index is -1.41. The molecule has 0 aliphatic heterocycles. The fourth-order valence-corrected chi connectivity index (χ4v) is 5.05. The molecule has 0 bridgehead atoms. The molecule has 1 amide bonds. The van der Waals surface area contributed by atoms with E-state index in [2.05, 4.69) is 10.3 Å². The Bertz CT molecular complexity index is 1810. The lowest BCUT2D eigenvalue weighted by Crippen LogP contribution is -2.28. The minimum absolute atomic E-state index is 0.0438. The lowest BCUT2D eigenvalue weighted by Gasteiger charge is -2.11. The maximum Gasteiger partial charge on any atom is 0.344 e. The number of benzene rings is 3. The van der Waals surface area contributed by atoms with Gasteiger partial charge in [0.2, 0.25) is 5.91 Å². The number of rotatable bonds is 19. The number of aliphatic hydroxyl groups is 1. The summed E-state index contributed by atoms with van der Waals surface area (Å²) in [5, 5.41) is 21.6. The van der Waals surface area contributed by atoms with Gasteiger partial charge in [0.1, 0.15) is 11.6 Å². The zero-order valence-corrected chi connectivity index (χ0v) is 30.2. The summed E-state index contributed by atoms with van der Waals surface area (Å²) in [6, 6.07) is 22.2. The fourth-order valence-electron chi connectivity index (χ4n) is 5.05. The summed E-state index contributed by atoms with van der Waals surface area (Å²) in [6.45, 7) is 8.25. The number of esters is 2. The van der Waals surface area contributed by atoms with Gasteiger partial charge in [-0.3, -0.25) is 4.79 Å². The smallest absolute Gasteiger partial charge is 0.344 e. The Hall–Kier alpha value is -5.55. The second-order valence-corrected chi connectivity index (χ2v) is 12.6. The highest BCUT2D eigenvalue weighted by atomic mass is 16.6. The van der Waals surface area contributed by atoms with Gasteiger partial charge in [-0.25, -0.2) is 14.6 Å². The number of aromatic nitrogens is 2. The van der Waals surface area contributed by atoms with Gasteiger partial charge in [-0.2, -0.15) is 0 Å². The van der Waals surface area contributed by atoms with Crippen molar-refractivity contribution in [2.75, 3.05) is 19.8 Å². The molecule has 4 aromatic rings. The van der Waals surface area contributed by atoms with Crippen molar-refractivity contribution in [1.82, 2.24) is 15.3 Å². The SMILES string of the molecule is CCCCOC(=O)COc1ccc(-c2nc(-c3ccc(C(=N)CC(O)C(=O)OCCCC)cc3)[nH]c2-c2ccc(/C=C/C(=O)NC(C)C)cc2)cc1. The van der Waals surface area contributed by atoms with Crippen LogP contribution in [0.5, 0.6) is 5.75 Å². The Kier molecular flexibility index (Phi) is 14.9. The first-order chi connectivity index (χ1) is 25.1. The molecule has 1 unspecified atom stereocenters. The molecular weight excluding hydrogens is 660 g/mol. The van der Waals surface area contributed by atoms with E-state index in [0.717, 1.165) is 47.2 Å². The van der Waals surface area contributed by atoms with E-state index in [1.165, 1.54) is 6.08 Å². The lowest BCUT2D eigenvalue weighted by atomic mass is 10.0. The Labute approximate surface area is 304 Å². The average Bonchev–Trinajstić information content (AvgIpc) is 3.59. The molecule has 4 rings (SSSR count). The van der Waals surface area contributed by atoms with Crippen molar-refractivity contribution in [2.45, 2.75) is 71.9 Å². The van der Waals surface area contributed by atoms with Crippen LogP contribution in [0.15, 0.2) is 78.9 Å². The molecule has 52 heavy (non-hydrogen) atoms. The number of nitrogens with zero attached hydrogens (tertiary/aromatic N) is 1. The van der Waals surface area contributed by atoms with Gasteiger partial charge in [-0.1, -0.05) is 75.2 Å². The summed E-state index contributed by atoms with van der Waals surface area (Å²) in [6.07, 6.45) is 5.02. The molecule has 274 valence electrons. The van der Waals surface area contributed by atoms with Gasteiger partial charge in [-0.15, -0.1) is 0 Å². The molecule has 11 heteroatoms. The number of aromatic amines is 1. The summed E-state index contributed by atoms with van der Waals surface area (Å²) in [5.41, 5.74) is 5.41. The third kappa shape index (κ3) is 11.8. The molecule has 0 aliphatic carbocycles. The summed E-state index contributed by atoms with van der Waals surface area (Å²) < 4.78 is 15.9. The standard InChI is InChI=1S/C41H48N4O7/c1-5-7-23-50-37(48)26-52-33-20-18-31(19-21-33)39-38(30-12-9-28(10-13-30)11-22-36(47)43-27(3)4)44-40(45-39)32-16-14-29(15-17-32)34(42)25-35(46)41(49)51-24-8-6-2/h9-22,27,35,42,46H,5-8,23-26H2,1-4H3,(H,43,47)(H,44,45)/b22-11+,42-34?. The van der Waals surface area contributed by atoms with Crippen LogP contribution in [-0.2, 0) is 23.9 Å². The molecule has 4 N–H and O–H groups in total. The average molecular weight is 709 g/mol. The Morgan fingerprint density at radius 1 is 0.865 bits per heavy atom. The lowest BCUT2D eigenvalue weighted by molar-refractivity contribution is -0.153. The van der Waals surface area contributed by atoms with Gasteiger partial charge in [0.05, 0.1) is 24.6 Å². The predicted molar refractivity (Wildman–Crippen MR) is 202 cm³/mol. The molecule has 0 saturated heterocycles. The van der Waals surface area contributed by atoms with Gasteiger partial charge < -0.3 is 35.0 Å². The second-order valence-electron chi connectivity index (χ2n) is 12.6. The number of carbonyl (C=O) groups is 3. The van der Waals surface area contributed by atoms with Gasteiger partial charge in [-0.05, 0) is 68.2 Å². The van der Waals surface area contributed by atoms with Crippen LogP contribution in [-0.4, -0.2) is 70.6 Å². The molecule has 11 nitrogen and oxygen atoms in total. The number of hydrogen-bond acceptors (Lipinski definition) is 9. The van der Waals surface area contributed by atoms with Crippen molar-refractivity contribution in [1.29, 1.82) is 5.41 Å². The molecule has 1 heterocycles. The minimum Gasteiger partial charge on any atom is -0.482 e. The maximum atomic E-state index is 12.1. The zero-order valence-electron chi connectivity index (χ0n) is 30.2. The number of ether oxygens (including phenoxy) is 3. The molecule has 0 aliphatic rings. The van der Waals surface area contributed by atoms with E-state index < -0.39 is 18.0 Å². The number of hydrogen-bond donors (Lipinski definition) is 4. The summed E-state index contributed by atoms with van der Waals surface area (Å²) in [7, 11) is 0. The van der Waals surface area contributed by atoms with Gasteiger partial charge in [0.15, 0.2) is 12.7 Å². The normalized spacial score (nSPS) is 11.7. The third-order valence-electron chi connectivity index (χ3n) is 7.93. The highest BCUT2D eigenvalue weighted by molar-refractivity contribution is 6.00. The van der Waals surface area contributed by atoms with Gasteiger partial charge in [0, 0.05) is 40.9 Å². The first kappa shape index (κ1) is 39.2. The summed E-state index contributed by atoms with van der Waals surface area (Å²) in [5.74, 6) is -0.202. The molecule has 1 aromatic heterocycles. The van der Waals surface area contributed by atoms with E-state index in [1.807, 2.05) is 76.2 Å². The quantitative estimate of drug-likeness (QED) is 0.0346. The van der Waals surface area contributed by atoms with Crippen LogP contribution >= 0.6 is 0 Å². The van der Waals surface area contributed by atoms with Crippen molar-refractivity contribution in [2.24, 2.45) is 0 Å². The number of unbranched alkanes of at least 4 members (excludes halogenated alkanes) is 2. The topological polar surface area (TPSA) is 164 Å². The maximum absolute atomic E-state index is 12.1. The highest BCUT2D eigenvalue weighted by Gasteiger charge is 2.20. The van der Waals surface area contributed by atoms with Crippen molar-refractivity contribution < 1.29 is 33.7 Å². The van der Waals surface area contributed by atoms with Crippen molar-refractivity contribution in [3.8, 4) is 39.7 Å². The predicted octanol–water partition coefficient (Wildman–Crippen LogP) is 7.13. The van der Waals surface area contributed by atoms with Crippen LogP contribution in [0.25, 0.3) is 40.0 Å². The van der Waals surface area contributed by atoms with E-state index in [0.29, 0.717) is 35.9 Å². The Balaban J connectivity index is 1.57. The molecule has 0 fully saturated rings. The summed E-state index contributed by atoms with van der Waals surface area (Å²) in [4.78, 5) is 44.6. The number of nitrogens with one attached hydrogen (secondary N) is 3. The van der Waals surface area contributed by atoms with Gasteiger partial charge >= 0.3 is 11.9 Å². The van der Waals surface area contributed by atoms with Gasteiger partial charge in [0.25, 0.3) is 0 Å². The first-order valence-electron chi connectivity index (χ1n) is 17.7. The first-order valence-corrected chi connectivity index (χ1v) is 17.7. The van der Waals surface area contributed by atoms with Crippen molar-refractivity contribution in [3.05, 3.63) is 90.0 Å². The molecular formula is C41H48N4O7. The Morgan fingerprint density at radius 2 is 1.48 bits per heavy atom. The third-order valence-corrected chi connectivity index (χ3v) is 7.93. The van der Waals surface area contributed by atoms with Crippen LogP contribution in [0.1, 0.15) is 70.9 Å². The molecule has 0 saturated carbocycles. The van der Waals surface area contributed by atoms with E-state index in [-0.39, 0.29) is 37.3 Å². The van der Waals surface area contributed by atoms with Crippen LogP contribution in [0.4, 0.5) is 0 Å². The molecule has 0 radical (unpaired) electrons. The second kappa shape index (κ2) is 19.7. The molecule has 1 atom stereocenters. The van der Waals surface area contributed by atoms with Crippen LogP contribution in [0.3, 0.4) is 0 Å².